The predicted molar refractivity (Wildman–Crippen MR) is 227 cm³/mol. The summed E-state index contributed by atoms with van der Waals surface area (Å²) in [6.45, 7) is 0. The van der Waals surface area contributed by atoms with Gasteiger partial charge in [0.05, 0.1) is 16.8 Å². The van der Waals surface area contributed by atoms with E-state index >= 15 is 0 Å². The molecule has 8 aromatic carbocycles. The van der Waals surface area contributed by atoms with E-state index in [1.807, 2.05) is 24.3 Å². The molecular formula is C53H32N2O. The number of hydrogen-bond acceptors (Lipinski definition) is 3. The number of aromatic nitrogens is 2. The molecule has 2 aromatic heterocycles. The van der Waals surface area contributed by atoms with Crippen molar-refractivity contribution >= 4 is 21.9 Å². The first-order chi connectivity index (χ1) is 27.8. The molecule has 1 spiro atoms. The molecule has 3 nitrogen and oxygen atoms in total. The van der Waals surface area contributed by atoms with Crippen LogP contribution in [-0.4, -0.2) is 9.97 Å². The predicted octanol–water partition coefficient (Wildman–Crippen LogP) is 13.4. The summed E-state index contributed by atoms with van der Waals surface area (Å²) in [5.41, 5.74) is 18.5. The molecule has 10 aromatic rings. The van der Waals surface area contributed by atoms with Crippen LogP contribution in [0, 0.1) is 0 Å². The normalized spacial score (nSPS) is 13.1. The van der Waals surface area contributed by atoms with E-state index in [4.69, 9.17) is 14.4 Å². The van der Waals surface area contributed by atoms with E-state index < -0.39 is 5.41 Å². The van der Waals surface area contributed by atoms with Gasteiger partial charge in [-0.2, -0.15) is 0 Å². The van der Waals surface area contributed by atoms with Crippen molar-refractivity contribution in [3.8, 4) is 67.3 Å². The van der Waals surface area contributed by atoms with Gasteiger partial charge in [0, 0.05) is 27.5 Å². The maximum atomic E-state index is 6.32. The number of rotatable bonds is 3. The Bertz CT molecular complexity index is 3170. The lowest BCUT2D eigenvalue weighted by Crippen LogP contribution is -2.29. The zero-order valence-corrected chi connectivity index (χ0v) is 30.3. The minimum absolute atomic E-state index is 0.523. The van der Waals surface area contributed by atoms with Crippen molar-refractivity contribution in [3.63, 3.8) is 0 Å². The summed E-state index contributed by atoms with van der Waals surface area (Å²) in [6, 6.07) is 69.9. The van der Waals surface area contributed by atoms with Gasteiger partial charge in [0.25, 0.3) is 0 Å². The molecule has 0 atom stereocenters. The van der Waals surface area contributed by atoms with E-state index in [2.05, 4.69) is 170 Å². The van der Waals surface area contributed by atoms with Crippen LogP contribution < -0.4 is 0 Å². The molecule has 0 saturated heterocycles. The van der Waals surface area contributed by atoms with Crippen molar-refractivity contribution < 1.29 is 4.42 Å². The van der Waals surface area contributed by atoms with Crippen molar-refractivity contribution in [1.29, 1.82) is 0 Å². The molecule has 0 radical (unpaired) electrons. The van der Waals surface area contributed by atoms with Gasteiger partial charge in [-0.1, -0.05) is 164 Å². The lowest BCUT2D eigenvalue weighted by Gasteiger charge is -2.35. The highest BCUT2D eigenvalue weighted by Crippen LogP contribution is 2.61. The first-order valence-corrected chi connectivity index (χ1v) is 19.2. The second-order valence-electron chi connectivity index (χ2n) is 14.8. The van der Waals surface area contributed by atoms with E-state index in [0.717, 1.165) is 50.0 Å². The van der Waals surface area contributed by atoms with E-state index in [9.17, 15) is 0 Å². The van der Waals surface area contributed by atoms with Crippen LogP contribution in [0.2, 0.25) is 0 Å². The molecule has 0 amide bonds. The SMILES string of the molecule is c1ccc(-c2cc(-c3ccc4c(c3)-c3ccccc3-c3ccccc3C43c4ccccc4-c4ccccc43)nc(-c3ccc4c(c3)oc3ccccc34)n2)cc1. The molecule has 0 saturated carbocycles. The van der Waals surface area contributed by atoms with Gasteiger partial charge in [-0.25, -0.2) is 9.97 Å². The van der Waals surface area contributed by atoms with Crippen LogP contribution in [-0.2, 0) is 5.41 Å². The van der Waals surface area contributed by atoms with Crippen molar-refractivity contribution in [1.82, 2.24) is 9.97 Å². The average Bonchev–Trinajstić information content (AvgIpc) is 3.76. The summed E-state index contributed by atoms with van der Waals surface area (Å²) in [5, 5.41) is 2.18. The number of nitrogens with zero attached hydrogens (tertiary/aromatic N) is 2. The maximum Gasteiger partial charge on any atom is 0.160 e. The Morgan fingerprint density at radius 1 is 0.321 bits per heavy atom. The Labute approximate surface area is 324 Å². The Morgan fingerprint density at radius 2 is 0.821 bits per heavy atom. The Balaban J connectivity index is 1.13. The summed E-state index contributed by atoms with van der Waals surface area (Å²) in [6.07, 6.45) is 0. The lowest BCUT2D eigenvalue weighted by atomic mass is 9.66. The molecule has 0 N–H and O–H groups in total. The molecule has 0 aliphatic heterocycles. The maximum absolute atomic E-state index is 6.32. The minimum atomic E-state index is -0.523. The van der Waals surface area contributed by atoms with Crippen LogP contribution in [0.4, 0.5) is 0 Å². The van der Waals surface area contributed by atoms with Gasteiger partial charge < -0.3 is 4.42 Å². The summed E-state index contributed by atoms with van der Waals surface area (Å²) in [4.78, 5) is 10.5. The van der Waals surface area contributed by atoms with E-state index in [-0.39, 0.29) is 0 Å². The van der Waals surface area contributed by atoms with Gasteiger partial charge in [0.1, 0.15) is 11.2 Å². The molecule has 3 heteroatoms. The van der Waals surface area contributed by atoms with Crippen molar-refractivity contribution in [2.75, 3.05) is 0 Å². The van der Waals surface area contributed by atoms with Crippen LogP contribution in [0.25, 0.3) is 89.2 Å². The van der Waals surface area contributed by atoms with Crippen molar-refractivity contribution in [3.05, 3.63) is 216 Å². The Kier molecular flexibility index (Phi) is 6.55. The summed E-state index contributed by atoms with van der Waals surface area (Å²) < 4.78 is 6.32. The standard InChI is InChI=1S/C53H32N2O/c1-2-14-33(15-3-1)48-32-49(55-52(54-48)35-26-28-42-41-21-9-13-25-50(41)56-51(42)31-35)34-27-29-47-43(30-34)37-17-5-4-16-36(37)38-18-6-10-22-44(38)53(47)45-23-11-7-19-39(45)40-20-8-12-24-46(40)53/h1-32H. The first-order valence-electron chi connectivity index (χ1n) is 19.2. The third-order valence-electron chi connectivity index (χ3n) is 11.9. The van der Waals surface area contributed by atoms with Crippen LogP contribution in [0.15, 0.2) is 199 Å². The Hall–Kier alpha value is -7.36. The fourth-order valence-electron chi connectivity index (χ4n) is 9.56. The second kappa shape index (κ2) is 11.8. The summed E-state index contributed by atoms with van der Waals surface area (Å²) >= 11 is 0. The zero-order valence-electron chi connectivity index (χ0n) is 30.3. The topological polar surface area (TPSA) is 38.9 Å². The van der Waals surface area contributed by atoms with Gasteiger partial charge in [-0.05, 0) is 86.0 Å². The lowest BCUT2D eigenvalue weighted by molar-refractivity contribution is 0.669. The van der Waals surface area contributed by atoms with Gasteiger partial charge in [0.15, 0.2) is 5.82 Å². The summed E-state index contributed by atoms with van der Waals surface area (Å²) in [5.74, 6) is 0.654. The third-order valence-corrected chi connectivity index (χ3v) is 11.9. The average molecular weight is 713 g/mol. The fraction of sp³-hybridized carbons (Fsp3) is 0.0189. The van der Waals surface area contributed by atoms with E-state index in [1.54, 1.807) is 0 Å². The molecule has 0 bridgehead atoms. The number of furan rings is 1. The van der Waals surface area contributed by atoms with Gasteiger partial charge in [0.2, 0.25) is 0 Å². The number of hydrogen-bond donors (Lipinski definition) is 0. The van der Waals surface area contributed by atoms with Crippen molar-refractivity contribution in [2.45, 2.75) is 5.41 Å². The fourth-order valence-corrected chi connectivity index (χ4v) is 9.56. The quantitative estimate of drug-likeness (QED) is 0.183. The highest BCUT2D eigenvalue weighted by Gasteiger charge is 2.49. The van der Waals surface area contributed by atoms with Crippen LogP contribution in [0.5, 0.6) is 0 Å². The monoisotopic (exact) mass is 712 g/mol. The molecule has 260 valence electrons. The van der Waals surface area contributed by atoms with E-state index in [0.29, 0.717) is 5.82 Å². The number of benzene rings is 8. The second-order valence-corrected chi connectivity index (χ2v) is 14.8. The first kappa shape index (κ1) is 31.0. The minimum Gasteiger partial charge on any atom is -0.456 e. The highest BCUT2D eigenvalue weighted by atomic mass is 16.3. The molecule has 2 heterocycles. The van der Waals surface area contributed by atoms with Gasteiger partial charge in [-0.15, -0.1) is 0 Å². The van der Waals surface area contributed by atoms with Crippen LogP contribution in [0.3, 0.4) is 0 Å². The molecule has 0 fully saturated rings. The van der Waals surface area contributed by atoms with Crippen LogP contribution in [0.1, 0.15) is 22.3 Å². The van der Waals surface area contributed by atoms with E-state index in [1.165, 1.54) is 55.6 Å². The molecule has 56 heavy (non-hydrogen) atoms. The number of fused-ring (bicyclic) bond motifs is 15. The summed E-state index contributed by atoms with van der Waals surface area (Å²) in [7, 11) is 0. The number of para-hydroxylation sites is 1. The molecule has 12 rings (SSSR count). The highest BCUT2D eigenvalue weighted by molar-refractivity contribution is 6.06. The largest absolute Gasteiger partial charge is 0.456 e. The smallest absolute Gasteiger partial charge is 0.160 e. The van der Waals surface area contributed by atoms with Gasteiger partial charge >= 0.3 is 0 Å². The van der Waals surface area contributed by atoms with Crippen molar-refractivity contribution in [2.24, 2.45) is 0 Å². The van der Waals surface area contributed by atoms with Gasteiger partial charge in [-0.3, -0.25) is 0 Å². The molecular weight excluding hydrogens is 681 g/mol. The zero-order chi connectivity index (χ0) is 36.8. The molecule has 2 aliphatic rings. The Morgan fingerprint density at radius 3 is 1.52 bits per heavy atom. The molecule has 0 unspecified atom stereocenters. The third kappa shape index (κ3) is 4.34. The molecule has 2 aliphatic carbocycles. The van der Waals surface area contributed by atoms with Crippen LogP contribution >= 0.6 is 0 Å².